The molecule has 16 heavy (non-hydrogen) atoms. The lowest BCUT2D eigenvalue weighted by Gasteiger charge is -2.14. The summed E-state index contributed by atoms with van der Waals surface area (Å²) in [6.45, 7) is 3.65. The summed E-state index contributed by atoms with van der Waals surface area (Å²) in [6.07, 6.45) is -0.465. The van der Waals surface area contributed by atoms with Gasteiger partial charge in [-0.15, -0.1) is 0 Å². The Morgan fingerprint density at radius 2 is 2.00 bits per heavy atom. The van der Waals surface area contributed by atoms with E-state index in [9.17, 15) is 9.18 Å². The fraction of sp³-hybridized carbons (Fsp3) is 0.462. The number of carbonyl (C=O) groups excluding carboxylic acids is 1. The molecule has 0 aliphatic heterocycles. The van der Waals surface area contributed by atoms with Gasteiger partial charge in [-0.1, -0.05) is 32.0 Å². The molecule has 88 valence electrons. The van der Waals surface area contributed by atoms with Crippen molar-refractivity contribution in [2.75, 3.05) is 6.61 Å². The van der Waals surface area contributed by atoms with Crippen LogP contribution in [0.5, 0.6) is 0 Å². The lowest BCUT2D eigenvalue weighted by atomic mass is 10.1. The highest BCUT2D eigenvalue weighted by Crippen LogP contribution is 2.12. The Bertz CT molecular complexity index is 324. The van der Waals surface area contributed by atoms with Gasteiger partial charge in [0.2, 0.25) is 0 Å². The minimum absolute atomic E-state index is 0.128. The van der Waals surface area contributed by atoms with Crippen LogP contribution < -0.4 is 0 Å². The molecule has 1 aromatic carbocycles. The van der Waals surface area contributed by atoms with E-state index in [0.717, 1.165) is 0 Å². The molecule has 1 rings (SSSR count). The van der Waals surface area contributed by atoms with E-state index in [2.05, 4.69) is 0 Å². The topological polar surface area (TPSA) is 26.3 Å². The Morgan fingerprint density at radius 3 is 2.56 bits per heavy atom. The fourth-order valence-corrected chi connectivity index (χ4v) is 1.37. The molecule has 3 heteroatoms. The van der Waals surface area contributed by atoms with Crippen LogP contribution in [0.2, 0.25) is 0 Å². The number of carbonyl (C=O) groups is 1. The summed E-state index contributed by atoms with van der Waals surface area (Å²) >= 11 is 0. The number of hydrogen-bond acceptors (Lipinski definition) is 2. The Kier molecular flexibility index (Phi) is 4.96. The molecule has 0 fully saturated rings. The Morgan fingerprint density at radius 1 is 1.38 bits per heavy atom. The average Bonchev–Trinajstić information content (AvgIpc) is 2.35. The smallest absolute Gasteiger partial charge is 0.338 e. The molecule has 0 aliphatic rings. The number of alkyl halides is 1. The maximum absolute atomic E-state index is 13.2. The van der Waals surface area contributed by atoms with Crippen LogP contribution >= 0.6 is 0 Å². The van der Waals surface area contributed by atoms with Gasteiger partial charge in [0, 0.05) is 5.92 Å². The van der Waals surface area contributed by atoms with Crippen LogP contribution in [-0.4, -0.2) is 18.7 Å². The van der Waals surface area contributed by atoms with E-state index < -0.39 is 12.1 Å². The summed E-state index contributed by atoms with van der Waals surface area (Å²) in [5, 5.41) is 0. The van der Waals surface area contributed by atoms with Gasteiger partial charge in [0.05, 0.1) is 12.2 Å². The number of halogens is 1. The summed E-state index contributed by atoms with van der Waals surface area (Å²) in [4.78, 5) is 11.5. The predicted octanol–water partition coefficient (Wildman–Crippen LogP) is 3.23. The van der Waals surface area contributed by atoms with Crippen molar-refractivity contribution < 1.29 is 13.9 Å². The second-order valence-electron chi connectivity index (χ2n) is 3.87. The lowest BCUT2D eigenvalue weighted by Crippen LogP contribution is -2.20. The van der Waals surface area contributed by atoms with E-state index in [1.165, 1.54) is 0 Å². The van der Waals surface area contributed by atoms with Crippen LogP contribution in [-0.2, 0) is 4.74 Å². The van der Waals surface area contributed by atoms with E-state index in [1.807, 2.05) is 6.07 Å². The van der Waals surface area contributed by atoms with Crippen LogP contribution in [0.15, 0.2) is 30.3 Å². The van der Waals surface area contributed by atoms with Gasteiger partial charge in [0.15, 0.2) is 0 Å². The minimum atomic E-state index is -0.913. The molecule has 0 aliphatic carbocycles. The number of benzene rings is 1. The molecule has 0 radical (unpaired) electrons. The highest BCUT2D eigenvalue weighted by Gasteiger charge is 2.16. The molecule has 2 atom stereocenters. The molecule has 0 saturated heterocycles. The number of esters is 1. The Labute approximate surface area is 95.4 Å². The van der Waals surface area contributed by atoms with E-state index >= 15 is 0 Å². The van der Waals surface area contributed by atoms with Crippen LogP contribution in [0.1, 0.15) is 30.6 Å². The van der Waals surface area contributed by atoms with Crippen LogP contribution in [0.4, 0.5) is 4.39 Å². The first-order chi connectivity index (χ1) is 7.65. The third-order valence-corrected chi connectivity index (χ3v) is 2.49. The summed E-state index contributed by atoms with van der Waals surface area (Å²) < 4.78 is 18.2. The minimum Gasteiger partial charge on any atom is -0.462 e. The predicted molar refractivity (Wildman–Crippen MR) is 61.1 cm³/mol. The molecule has 0 N–H and O–H groups in total. The fourth-order valence-electron chi connectivity index (χ4n) is 1.37. The molecule has 2 unspecified atom stereocenters. The monoisotopic (exact) mass is 224 g/mol. The highest BCUT2D eigenvalue weighted by atomic mass is 19.1. The van der Waals surface area contributed by atoms with Gasteiger partial charge in [-0.2, -0.15) is 0 Å². The maximum Gasteiger partial charge on any atom is 0.338 e. The van der Waals surface area contributed by atoms with Gasteiger partial charge in [0.25, 0.3) is 0 Å². The summed E-state index contributed by atoms with van der Waals surface area (Å²) in [6, 6.07) is 8.72. The Balaban J connectivity index is 2.42. The van der Waals surface area contributed by atoms with E-state index in [-0.39, 0.29) is 12.5 Å². The van der Waals surface area contributed by atoms with Crippen molar-refractivity contribution in [2.45, 2.75) is 26.4 Å². The molecular weight excluding hydrogens is 207 g/mol. The van der Waals surface area contributed by atoms with Gasteiger partial charge < -0.3 is 4.74 Å². The van der Waals surface area contributed by atoms with Gasteiger partial charge in [0.1, 0.15) is 6.17 Å². The highest BCUT2D eigenvalue weighted by molar-refractivity contribution is 5.89. The van der Waals surface area contributed by atoms with Crippen LogP contribution in [0.3, 0.4) is 0 Å². The van der Waals surface area contributed by atoms with Gasteiger partial charge >= 0.3 is 5.97 Å². The van der Waals surface area contributed by atoms with Crippen molar-refractivity contribution in [3.63, 3.8) is 0 Å². The lowest BCUT2D eigenvalue weighted by molar-refractivity contribution is 0.0379. The first kappa shape index (κ1) is 12.7. The maximum atomic E-state index is 13.2. The zero-order chi connectivity index (χ0) is 12.0. The van der Waals surface area contributed by atoms with Gasteiger partial charge in [-0.3, -0.25) is 0 Å². The van der Waals surface area contributed by atoms with Crippen molar-refractivity contribution in [3.05, 3.63) is 35.9 Å². The normalized spacial score (nSPS) is 14.2. The molecule has 0 bridgehead atoms. The molecule has 2 nitrogen and oxygen atoms in total. The van der Waals surface area contributed by atoms with Crippen molar-refractivity contribution >= 4 is 5.97 Å². The van der Waals surface area contributed by atoms with Crippen molar-refractivity contribution in [1.82, 2.24) is 0 Å². The molecule has 0 heterocycles. The van der Waals surface area contributed by atoms with Crippen molar-refractivity contribution in [3.8, 4) is 0 Å². The quantitative estimate of drug-likeness (QED) is 0.718. The number of rotatable bonds is 5. The molecule has 1 aromatic rings. The first-order valence-electron chi connectivity index (χ1n) is 5.51. The summed E-state index contributed by atoms with van der Waals surface area (Å²) in [5.74, 6) is -0.645. The summed E-state index contributed by atoms with van der Waals surface area (Å²) in [7, 11) is 0. The van der Waals surface area contributed by atoms with Crippen LogP contribution in [0, 0.1) is 5.92 Å². The molecule has 0 spiro atoms. The van der Waals surface area contributed by atoms with Crippen LogP contribution in [0.25, 0.3) is 0 Å². The molecule has 0 aromatic heterocycles. The zero-order valence-corrected chi connectivity index (χ0v) is 9.65. The molecule has 0 saturated carbocycles. The first-order valence-corrected chi connectivity index (χ1v) is 5.51. The largest absolute Gasteiger partial charge is 0.462 e. The van der Waals surface area contributed by atoms with Gasteiger partial charge in [-0.05, 0) is 18.6 Å². The summed E-state index contributed by atoms with van der Waals surface area (Å²) in [5.41, 5.74) is 0.501. The molecule has 0 amide bonds. The third kappa shape index (κ3) is 3.65. The second-order valence-corrected chi connectivity index (χ2v) is 3.87. The standard InChI is InChI=1S/C13H17FO2/c1-3-12(14)10(2)9-16-13(15)11-7-5-4-6-8-11/h4-8,10,12H,3,9H2,1-2H3. The van der Waals surface area contributed by atoms with Crippen molar-refractivity contribution in [1.29, 1.82) is 0 Å². The number of hydrogen-bond donors (Lipinski definition) is 0. The van der Waals surface area contributed by atoms with Crippen molar-refractivity contribution in [2.24, 2.45) is 5.92 Å². The van der Waals surface area contributed by atoms with E-state index in [4.69, 9.17) is 4.74 Å². The van der Waals surface area contributed by atoms with E-state index in [1.54, 1.807) is 38.1 Å². The van der Waals surface area contributed by atoms with E-state index in [0.29, 0.717) is 12.0 Å². The second kappa shape index (κ2) is 6.26. The number of ether oxygens (including phenoxy) is 1. The molecular formula is C13H17FO2. The Hall–Kier alpha value is -1.38. The zero-order valence-electron chi connectivity index (χ0n) is 9.65. The van der Waals surface area contributed by atoms with Gasteiger partial charge in [-0.25, -0.2) is 9.18 Å². The third-order valence-electron chi connectivity index (χ3n) is 2.49. The SMILES string of the molecule is CCC(F)C(C)COC(=O)c1ccccc1. The average molecular weight is 224 g/mol.